The number of aliphatic carboxylic acids is 1. The highest BCUT2D eigenvalue weighted by Crippen LogP contribution is 2.31. The maximum absolute atomic E-state index is 12.2. The van der Waals surface area contributed by atoms with E-state index < -0.39 is 27.8 Å². The fourth-order valence-electron chi connectivity index (χ4n) is 3.33. The van der Waals surface area contributed by atoms with E-state index in [0.29, 0.717) is 26.2 Å². The molecule has 1 aromatic rings. The second-order valence-electron chi connectivity index (χ2n) is 7.13. The van der Waals surface area contributed by atoms with Gasteiger partial charge in [-0.25, -0.2) is 13.2 Å². The van der Waals surface area contributed by atoms with E-state index in [1.54, 1.807) is 11.2 Å². The van der Waals surface area contributed by atoms with Gasteiger partial charge in [0.25, 0.3) is 0 Å². The molecule has 0 radical (unpaired) electrons. The standard InChI is InChI=1S/C15H24N4O3S.C2HF3O2/c1-3-23(20,21)19-9-10-22-15(12-19)7-4-8-18(11-15)14-6-5-13(2)16-17-14;3-2(4,5)1(6)7/h5-6H,3-4,7-12H2,1-2H3;(H,6,7). The molecule has 1 spiro atoms. The summed E-state index contributed by atoms with van der Waals surface area (Å²) in [6.07, 6.45) is -3.26. The van der Waals surface area contributed by atoms with Gasteiger partial charge in [0.1, 0.15) is 0 Å². The Hall–Kier alpha value is -1.99. The molecule has 13 heteroatoms. The van der Waals surface area contributed by atoms with Crippen molar-refractivity contribution in [2.45, 2.75) is 38.5 Å². The topological polar surface area (TPSA) is 113 Å². The van der Waals surface area contributed by atoms with Gasteiger partial charge in [-0.2, -0.15) is 22.6 Å². The highest BCUT2D eigenvalue weighted by atomic mass is 32.2. The summed E-state index contributed by atoms with van der Waals surface area (Å²) in [7, 11) is -3.18. The maximum Gasteiger partial charge on any atom is 0.490 e. The molecule has 0 aromatic carbocycles. The monoisotopic (exact) mass is 454 g/mol. The molecule has 2 saturated heterocycles. The van der Waals surface area contributed by atoms with E-state index in [1.807, 2.05) is 19.1 Å². The van der Waals surface area contributed by atoms with Crippen LogP contribution in [0.5, 0.6) is 0 Å². The number of aromatic nitrogens is 2. The summed E-state index contributed by atoms with van der Waals surface area (Å²) in [5, 5.41) is 15.5. The Balaban J connectivity index is 0.000000396. The van der Waals surface area contributed by atoms with Crippen molar-refractivity contribution < 1.29 is 36.2 Å². The number of alkyl halides is 3. The third-order valence-corrected chi connectivity index (χ3v) is 6.69. The summed E-state index contributed by atoms with van der Waals surface area (Å²) in [6, 6.07) is 3.91. The molecule has 2 aliphatic rings. The van der Waals surface area contributed by atoms with Crippen molar-refractivity contribution >= 4 is 21.8 Å². The quantitative estimate of drug-likeness (QED) is 0.730. The number of hydrogen-bond donors (Lipinski definition) is 1. The smallest absolute Gasteiger partial charge is 0.475 e. The normalized spacial score (nSPS) is 23.0. The molecular formula is C17H25F3N4O5S. The predicted octanol–water partition coefficient (Wildman–Crippen LogP) is 1.44. The van der Waals surface area contributed by atoms with E-state index in [2.05, 4.69) is 15.1 Å². The van der Waals surface area contributed by atoms with Crippen LogP contribution in [-0.2, 0) is 19.6 Å². The van der Waals surface area contributed by atoms with E-state index in [9.17, 15) is 21.6 Å². The second kappa shape index (κ2) is 9.43. The molecule has 170 valence electrons. The largest absolute Gasteiger partial charge is 0.490 e. The number of sulfonamides is 1. The highest BCUT2D eigenvalue weighted by molar-refractivity contribution is 7.89. The van der Waals surface area contributed by atoms with Gasteiger partial charge in [-0.3, -0.25) is 0 Å². The number of carbonyl (C=O) groups is 1. The van der Waals surface area contributed by atoms with Crippen molar-refractivity contribution in [2.24, 2.45) is 0 Å². The zero-order chi connectivity index (χ0) is 22.6. The summed E-state index contributed by atoms with van der Waals surface area (Å²) >= 11 is 0. The Morgan fingerprint density at radius 3 is 2.47 bits per heavy atom. The minimum Gasteiger partial charge on any atom is -0.475 e. The summed E-state index contributed by atoms with van der Waals surface area (Å²) in [4.78, 5) is 11.0. The van der Waals surface area contributed by atoms with Gasteiger partial charge in [0.2, 0.25) is 10.0 Å². The number of ether oxygens (including phenoxy) is 1. The van der Waals surface area contributed by atoms with Gasteiger partial charge < -0.3 is 14.7 Å². The average Bonchev–Trinajstić information content (AvgIpc) is 2.68. The molecule has 9 nitrogen and oxygen atoms in total. The van der Waals surface area contributed by atoms with Crippen LogP contribution in [0.2, 0.25) is 0 Å². The fourth-order valence-corrected chi connectivity index (χ4v) is 4.48. The van der Waals surface area contributed by atoms with Crippen molar-refractivity contribution in [2.75, 3.05) is 43.4 Å². The van der Waals surface area contributed by atoms with Gasteiger partial charge in [-0.05, 0) is 38.8 Å². The average molecular weight is 454 g/mol. The number of rotatable bonds is 3. The van der Waals surface area contributed by atoms with Crippen LogP contribution in [0.1, 0.15) is 25.5 Å². The zero-order valence-electron chi connectivity index (χ0n) is 16.7. The molecule has 0 bridgehead atoms. The Kier molecular flexibility index (Phi) is 7.64. The molecule has 3 rings (SSSR count). The van der Waals surface area contributed by atoms with Crippen LogP contribution in [-0.4, -0.2) is 84.3 Å². The SMILES string of the molecule is CCS(=O)(=O)N1CCOC2(CCCN(c3ccc(C)nn3)C2)C1.O=C(O)C(F)(F)F. The number of nitrogens with zero attached hydrogens (tertiary/aromatic N) is 4. The van der Waals surface area contributed by atoms with E-state index in [0.717, 1.165) is 30.9 Å². The van der Waals surface area contributed by atoms with E-state index >= 15 is 0 Å². The maximum atomic E-state index is 12.2. The van der Waals surface area contributed by atoms with Crippen molar-refractivity contribution in [1.29, 1.82) is 0 Å². The molecule has 0 saturated carbocycles. The second-order valence-corrected chi connectivity index (χ2v) is 9.38. The molecule has 1 N–H and O–H groups in total. The zero-order valence-corrected chi connectivity index (χ0v) is 17.5. The van der Waals surface area contributed by atoms with Crippen LogP contribution in [0.25, 0.3) is 0 Å². The third-order valence-electron chi connectivity index (χ3n) is 4.86. The van der Waals surface area contributed by atoms with Crippen molar-refractivity contribution in [3.8, 4) is 0 Å². The number of piperidine rings is 1. The molecule has 30 heavy (non-hydrogen) atoms. The lowest BCUT2D eigenvalue weighted by Gasteiger charge is -2.47. The van der Waals surface area contributed by atoms with Crippen LogP contribution < -0.4 is 4.90 Å². The molecule has 1 aromatic heterocycles. The summed E-state index contributed by atoms with van der Waals surface area (Å²) in [6.45, 7) is 6.47. The van der Waals surface area contributed by atoms with Crippen LogP contribution in [0.15, 0.2) is 12.1 Å². The first-order valence-electron chi connectivity index (χ1n) is 9.36. The number of carboxylic acids is 1. The third kappa shape index (κ3) is 6.25. The van der Waals surface area contributed by atoms with E-state index in [1.165, 1.54) is 0 Å². The van der Waals surface area contributed by atoms with Gasteiger partial charge in [-0.1, -0.05) is 0 Å². The molecule has 1 atom stereocenters. The Labute approximate surface area is 172 Å². The molecule has 1 unspecified atom stereocenters. The fraction of sp³-hybridized carbons (Fsp3) is 0.706. The van der Waals surface area contributed by atoms with Crippen LogP contribution in [0.4, 0.5) is 19.0 Å². The van der Waals surface area contributed by atoms with Gasteiger partial charge in [0.15, 0.2) is 5.82 Å². The summed E-state index contributed by atoms with van der Waals surface area (Å²) < 4.78 is 63.8. The molecule has 2 aliphatic heterocycles. The lowest BCUT2D eigenvalue weighted by Crippen LogP contribution is -2.61. The van der Waals surface area contributed by atoms with Gasteiger partial charge in [0, 0.05) is 26.2 Å². The van der Waals surface area contributed by atoms with Crippen molar-refractivity contribution in [3.05, 3.63) is 17.8 Å². The molecular weight excluding hydrogens is 429 g/mol. The van der Waals surface area contributed by atoms with Crippen molar-refractivity contribution in [3.63, 3.8) is 0 Å². The van der Waals surface area contributed by atoms with Gasteiger partial charge >= 0.3 is 12.1 Å². The molecule has 3 heterocycles. The van der Waals surface area contributed by atoms with Gasteiger partial charge in [0.05, 0.1) is 23.7 Å². The first-order chi connectivity index (χ1) is 13.9. The summed E-state index contributed by atoms with van der Waals surface area (Å²) in [5.41, 5.74) is 0.445. The number of halogens is 3. The minimum atomic E-state index is -5.08. The minimum absolute atomic E-state index is 0.135. The van der Waals surface area contributed by atoms with Crippen LogP contribution in [0, 0.1) is 6.92 Å². The van der Waals surface area contributed by atoms with Gasteiger partial charge in [-0.15, -0.1) is 5.10 Å². The molecule has 0 aliphatic carbocycles. The van der Waals surface area contributed by atoms with E-state index in [-0.39, 0.29) is 5.75 Å². The number of carboxylic acid groups (broad SMARTS) is 1. The highest BCUT2D eigenvalue weighted by Gasteiger charge is 2.43. The number of hydrogen-bond acceptors (Lipinski definition) is 7. The molecule has 0 amide bonds. The number of morpholine rings is 1. The van der Waals surface area contributed by atoms with Crippen molar-refractivity contribution in [1.82, 2.24) is 14.5 Å². The number of anilines is 1. The Morgan fingerprint density at radius 2 is 1.93 bits per heavy atom. The number of aryl methyl sites for hydroxylation is 1. The van der Waals surface area contributed by atoms with Crippen LogP contribution in [0.3, 0.4) is 0 Å². The lowest BCUT2D eigenvalue weighted by molar-refractivity contribution is -0.192. The van der Waals surface area contributed by atoms with Crippen LogP contribution >= 0.6 is 0 Å². The summed E-state index contributed by atoms with van der Waals surface area (Å²) in [5.74, 6) is -1.79. The first kappa shape index (κ1) is 24.3. The predicted molar refractivity (Wildman–Crippen MR) is 102 cm³/mol. The van der Waals surface area contributed by atoms with E-state index in [4.69, 9.17) is 14.6 Å². The lowest BCUT2D eigenvalue weighted by atomic mass is 9.91. The Morgan fingerprint density at radius 1 is 1.27 bits per heavy atom. The first-order valence-corrected chi connectivity index (χ1v) is 11.0. The Bertz CT molecular complexity index is 831. The molecule has 2 fully saturated rings.